The van der Waals surface area contributed by atoms with Gasteiger partial charge in [-0.05, 0) is 17.5 Å². The Morgan fingerprint density at radius 2 is 2.08 bits per heavy atom. The maximum absolute atomic E-state index is 3.14. The maximum Gasteiger partial charge on any atom is 0.0597 e. The van der Waals surface area contributed by atoms with Crippen LogP contribution in [0.15, 0.2) is 41.9 Å². The number of rotatable bonds is 2. The summed E-state index contributed by atoms with van der Waals surface area (Å²) < 4.78 is 0. The van der Waals surface area contributed by atoms with Crippen molar-refractivity contribution >= 4 is 11.9 Å². The minimum atomic E-state index is 0.921. The Morgan fingerprint density at radius 3 is 2.75 bits per heavy atom. The van der Waals surface area contributed by atoms with Crippen molar-refractivity contribution in [2.24, 2.45) is 0 Å². The lowest BCUT2D eigenvalue weighted by atomic mass is 10.2. The number of nitrogens with zero attached hydrogens (tertiary/aromatic N) is 1. The van der Waals surface area contributed by atoms with Gasteiger partial charge in [0.2, 0.25) is 0 Å². The number of benzene rings is 1. The molecule has 1 aromatic rings. The van der Waals surface area contributed by atoms with E-state index in [0.717, 1.165) is 6.54 Å². The number of nitrogens with one attached hydrogen (secondary N) is 1. The molecule has 1 N–H and O–H groups in total. The van der Waals surface area contributed by atoms with E-state index >= 15 is 0 Å². The first-order valence-electron chi connectivity index (χ1n) is 3.84. The Morgan fingerprint density at radius 1 is 1.25 bits per heavy atom. The summed E-state index contributed by atoms with van der Waals surface area (Å²) in [4.78, 5) is 3.14. The SMILES string of the molecule is C1=CN(Cc2ccccc2)NS1. The van der Waals surface area contributed by atoms with Gasteiger partial charge in [0.1, 0.15) is 0 Å². The first kappa shape index (κ1) is 7.71. The fourth-order valence-electron chi connectivity index (χ4n) is 1.10. The zero-order valence-corrected chi connectivity index (χ0v) is 7.42. The van der Waals surface area contributed by atoms with Gasteiger partial charge in [0.15, 0.2) is 0 Å². The molecule has 0 bridgehead atoms. The molecule has 0 atom stereocenters. The molecule has 0 radical (unpaired) electrons. The summed E-state index contributed by atoms with van der Waals surface area (Å²) in [6.45, 7) is 0.921. The molecule has 0 saturated heterocycles. The van der Waals surface area contributed by atoms with Gasteiger partial charge in [-0.3, -0.25) is 0 Å². The van der Waals surface area contributed by atoms with E-state index in [0.29, 0.717) is 0 Å². The van der Waals surface area contributed by atoms with Crippen LogP contribution in [0.3, 0.4) is 0 Å². The zero-order chi connectivity index (χ0) is 8.23. The molecule has 62 valence electrons. The van der Waals surface area contributed by atoms with Crippen LogP contribution < -0.4 is 4.83 Å². The lowest BCUT2D eigenvalue weighted by molar-refractivity contribution is 0.354. The quantitative estimate of drug-likeness (QED) is 0.698. The molecule has 1 aromatic carbocycles. The fraction of sp³-hybridized carbons (Fsp3) is 0.111. The zero-order valence-electron chi connectivity index (χ0n) is 6.60. The third-order valence-corrected chi connectivity index (χ3v) is 2.27. The normalized spacial score (nSPS) is 15.5. The largest absolute Gasteiger partial charge is 0.301 e. The lowest BCUT2D eigenvalue weighted by Gasteiger charge is -2.14. The second kappa shape index (κ2) is 3.65. The summed E-state index contributed by atoms with van der Waals surface area (Å²) in [7, 11) is 0. The predicted octanol–water partition coefficient (Wildman–Crippen LogP) is 2.13. The van der Waals surface area contributed by atoms with E-state index in [-0.39, 0.29) is 0 Å². The Bertz CT molecular complexity index is 271. The molecular formula is C9H10N2S. The van der Waals surface area contributed by atoms with Crippen LogP contribution in [0, 0.1) is 0 Å². The van der Waals surface area contributed by atoms with Crippen molar-refractivity contribution in [2.45, 2.75) is 6.54 Å². The topological polar surface area (TPSA) is 15.3 Å². The van der Waals surface area contributed by atoms with Crippen molar-refractivity contribution in [3.63, 3.8) is 0 Å². The summed E-state index contributed by atoms with van der Waals surface area (Å²) in [6, 6.07) is 10.4. The van der Waals surface area contributed by atoms with E-state index in [4.69, 9.17) is 0 Å². The molecule has 1 heterocycles. The van der Waals surface area contributed by atoms with Gasteiger partial charge in [0.25, 0.3) is 0 Å². The van der Waals surface area contributed by atoms with Gasteiger partial charge in [0, 0.05) is 11.6 Å². The molecule has 0 amide bonds. The standard InChI is InChI=1S/C9H10N2S/c1-2-4-9(5-3-1)8-11-6-7-12-10-11/h1-7,10H,8H2. The Labute approximate surface area is 76.4 Å². The van der Waals surface area contributed by atoms with E-state index in [9.17, 15) is 0 Å². The lowest BCUT2D eigenvalue weighted by Crippen LogP contribution is -2.22. The first-order chi connectivity index (χ1) is 5.95. The van der Waals surface area contributed by atoms with Crippen LogP contribution in [0.4, 0.5) is 0 Å². The molecule has 0 fully saturated rings. The summed E-state index contributed by atoms with van der Waals surface area (Å²) in [5, 5.41) is 4.09. The van der Waals surface area contributed by atoms with Gasteiger partial charge in [0.05, 0.1) is 6.54 Å². The third kappa shape index (κ3) is 1.81. The molecule has 0 unspecified atom stereocenters. The summed E-state index contributed by atoms with van der Waals surface area (Å²) >= 11 is 1.60. The minimum Gasteiger partial charge on any atom is -0.301 e. The van der Waals surface area contributed by atoms with Gasteiger partial charge in [-0.2, -0.15) is 4.83 Å². The van der Waals surface area contributed by atoms with E-state index in [1.807, 2.05) is 17.7 Å². The Hall–Kier alpha value is -0.930. The van der Waals surface area contributed by atoms with Crippen molar-refractivity contribution in [1.29, 1.82) is 0 Å². The minimum absolute atomic E-state index is 0.921. The van der Waals surface area contributed by atoms with Crippen LogP contribution in [0.5, 0.6) is 0 Å². The van der Waals surface area contributed by atoms with Gasteiger partial charge in [-0.25, -0.2) is 0 Å². The highest BCUT2D eigenvalue weighted by Gasteiger charge is 2.03. The first-order valence-corrected chi connectivity index (χ1v) is 4.72. The van der Waals surface area contributed by atoms with Crippen LogP contribution in [-0.2, 0) is 6.54 Å². The molecule has 0 aliphatic carbocycles. The number of hydrogen-bond acceptors (Lipinski definition) is 3. The van der Waals surface area contributed by atoms with Crippen LogP contribution in [0.1, 0.15) is 5.56 Å². The molecule has 0 saturated carbocycles. The van der Waals surface area contributed by atoms with Crippen molar-refractivity contribution in [1.82, 2.24) is 9.84 Å². The van der Waals surface area contributed by atoms with Crippen LogP contribution in [0.2, 0.25) is 0 Å². The van der Waals surface area contributed by atoms with Crippen molar-refractivity contribution in [2.75, 3.05) is 0 Å². The van der Waals surface area contributed by atoms with Gasteiger partial charge in [-0.15, -0.1) is 0 Å². The van der Waals surface area contributed by atoms with Gasteiger partial charge < -0.3 is 5.01 Å². The van der Waals surface area contributed by atoms with Crippen LogP contribution in [0.25, 0.3) is 0 Å². The molecule has 1 aliphatic rings. The maximum atomic E-state index is 3.14. The van der Waals surface area contributed by atoms with Crippen molar-refractivity contribution in [3.05, 3.63) is 47.5 Å². The van der Waals surface area contributed by atoms with E-state index in [2.05, 4.69) is 34.1 Å². The third-order valence-electron chi connectivity index (χ3n) is 1.67. The average molecular weight is 178 g/mol. The molecule has 0 aromatic heterocycles. The monoisotopic (exact) mass is 178 g/mol. The van der Waals surface area contributed by atoms with Gasteiger partial charge >= 0.3 is 0 Å². The predicted molar refractivity (Wildman–Crippen MR) is 51.9 cm³/mol. The molecular weight excluding hydrogens is 168 g/mol. The highest BCUT2D eigenvalue weighted by atomic mass is 32.2. The number of hydrogen-bond donors (Lipinski definition) is 1. The molecule has 0 spiro atoms. The number of hydrazine groups is 1. The van der Waals surface area contributed by atoms with E-state index < -0.39 is 0 Å². The summed E-state index contributed by atoms with van der Waals surface area (Å²) in [6.07, 6.45) is 2.04. The highest BCUT2D eigenvalue weighted by Crippen LogP contribution is 2.11. The van der Waals surface area contributed by atoms with E-state index in [1.165, 1.54) is 5.56 Å². The highest BCUT2D eigenvalue weighted by molar-refractivity contribution is 8.00. The van der Waals surface area contributed by atoms with Crippen LogP contribution in [-0.4, -0.2) is 5.01 Å². The Kier molecular flexibility index (Phi) is 2.34. The fourth-order valence-corrected chi connectivity index (χ4v) is 1.63. The Balaban J connectivity index is 1.99. The van der Waals surface area contributed by atoms with Gasteiger partial charge in [-0.1, -0.05) is 30.3 Å². The second-order valence-corrected chi connectivity index (χ2v) is 3.30. The molecule has 12 heavy (non-hydrogen) atoms. The molecule has 1 aliphatic heterocycles. The van der Waals surface area contributed by atoms with Crippen molar-refractivity contribution in [3.8, 4) is 0 Å². The smallest absolute Gasteiger partial charge is 0.0597 e. The second-order valence-electron chi connectivity index (χ2n) is 2.61. The van der Waals surface area contributed by atoms with Crippen molar-refractivity contribution < 1.29 is 0 Å². The average Bonchev–Trinajstić information content (AvgIpc) is 2.59. The van der Waals surface area contributed by atoms with E-state index in [1.54, 1.807) is 11.9 Å². The summed E-state index contributed by atoms with van der Waals surface area (Å²) in [5.74, 6) is 0. The van der Waals surface area contributed by atoms with Crippen LogP contribution >= 0.6 is 11.9 Å². The summed E-state index contributed by atoms with van der Waals surface area (Å²) in [5.41, 5.74) is 1.32. The molecule has 3 heteroatoms. The molecule has 2 nitrogen and oxygen atoms in total. The molecule has 2 rings (SSSR count).